The number of carbonyl (C=O) groups excluding carboxylic acids is 2. The van der Waals surface area contributed by atoms with Crippen LogP contribution in [-0.2, 0) is 9.59 Å². The number of rotatable bonds is 4. The third kappa shape index (κ3) is 3.52. The van der Waals surface area contributed by atoms with Gasteiger partial charge < -0.3 is 16.0 Å². The lowest BCUT2D eigenvalue weighted by atomic mass is 10.2. The molecule has 1 aliphatic rings. The molecule has 6 heteroatoms. The molecule has 0 aliphatic carbocycles. The highest BCUT2D eigenvalue weighted by molar-refractivity contribution is 5.95. The number of amides is 2. The van der Waals surface area contributed by atoms with Gasteiger partial charge in [-0.25, -0.2) is 0 Å². The minimum Gasteiger partial charge on any atom is -0.399 e. The number of nitrogens with zero attached hydrogens (tertiary/aromatic N) is 2. The van der Waals surface area contributed by atoms with Crippen LogP contribution in [0, 0.1) is 0 Å². The maximum Gasteiger partial charge on any atom is 0.240 e. The summed E-state index contributed by atoms with van der Waals surface area (Å²) in [5.41, 5.74) is 7.11. The molecule has 0 spiro atoms. The van der Waals surface area contributed by atoms with Crippen molar-refractivity contribution in [1.29, 1.82) is 0 Å². The van der Waals surface area contributed by atoms with Crippen LogP contribution in [0.25, 0.3) is 0 Å². The van der Waals surface area contributed by atoms with Gasteiger partial charge in [0.2, 0.25) is 11.8 Å². The lowest BCUT2D eigenvalue weighted by Crippen LogP contribution is -2.46. The number of hydrogen-bond acceptors (Lipinski definition) is 4. The molecule has 114 valence electrons. The molecule has 1 unspecified atom stereocenters. The number of benzene rings is 1. The first-order valence-electron chi connectivity index (χ1n) is 7.10. The molecule has 21 heavy (non-hydrogen) atoms. The third-order valence-electron chi connectivity index (χ3n) is 3.91. The number of nitrogens with one attached hydrogen (secondary N) is 1. The van der Waals surface area contributed by atoms with Crippen molar-refractivity contribution in [3.8, 4) is 0 Å². The summed E-state index contributed by atoms with van der Waals surface area (Å²) in [4.78, 5) is 27.7. The van der Waals surface area contributed by atoms with Crippen LogP contribution in [0.3, 0.4) is 0 Å². The van der Waals surface area contributed by atoms with E-state index < -0.39 is 0 Å². The molecule has 0 bridgehead atoms. The Kier molecular flexibility index (Phi) is 4.80. The molecular formula is C15H22N4O2. The van der Waals surface area contributed by atoms with Crippen LogP contribution in [-0.4, -0.2) is 49.9 Å². The van der Waals surface area contributed by atoms with Crippen LogP contribution >= 0.6 is 0 Å². The highest BCUT2D eigenvalue weighted by Crippen LogP contribution is 2.19. The lowest BCUT2D eigenvalue weighted by Gasteiger charge is -2.25. The van der Waals surface area contributed by atoms with Gasteiger partial charge in [-0.3, -0.25) is 14.5 Å². The van der Waals surface area contributed by atoms with Gasteiger partial charge in [0.1, 0.15) is 0 Å². The van der Waals surface area contributed by atoms with Crippen molar-refractivity contribution in [2.24, 2.45) is 0 Å². The summed E-state index contributed by atoms with van der Waals surface area (Å²) in [5, 5.41) is 2.66. The minimum atomic E-state index is -0.196. The van der Waals surface area contributed by atoms with Crippen LogP contribution in [0.5, 0.6) is 0 Å². The maximum absolute atomic E-state index is 12.4. The number of hydrogen-bond donors (Lipinski definition) is 2. The van der Waals surface area contributed by atoms with Crippen molar-refractivity contribution in [2.45, 2.75) is 18.9 Å². The number of carbonyl (C=O) groups is 2. The van der Waals surface area contributed by atoms with Gasteiger partial charge in [-0.15, -0.1) is 0 Å². The number of likely N-dealkylation sites (N-methyl/N-ethyl adjacent to an activating group) is 2. The van der Waals surface area contributed by atoms with E-state index in [0.29, 0.717) is 5.69 Å². The molecular weight excluding hydrogens is 268 g/mol. The van der Waals surface area contributed by atoms with Crippen LogP contribution in [0.4, 0.5) is 11.4 Å². The number of likely N-dealkylation sites (tertiary alicyclic amines) is 1. The zero-order valence-electron chi connectivity index (χ0n) is 12.5. The Hall–Kier alpha value is -2.08. The second kappa shape index (κ2) is 6.58. The Labute approximate surface area is 124 Å². The summed E-state index contributed by atoms with van der Waals surface area (Å²) < 4.78 is 0. The van der Waals surface area contributed by atoms with E-state index in [4.69, 9.17) is 5.73 Å². The van der Waals surface area contributed by atoms with E-state index in [0.717, 1.165) is 25.1 Å². The SMILES string of the molecule is CNC(=O)C1CCCN1CC(=O)N(C)c1ccc(N)cc1. The largest absolute Gasteiger partial charge is 0.399 e. The summed E-state index contributed by atoms with van der Waals surface area (Å²) in [7, 11) is 3.36. The van der Waals surface area contributed by atoms with Gasteiger partial charge >= 0.3 is 0 Å². The highest BCUT2D eigenvalue weighted by Gasteiger charge is 2.31. The molecule has 2 amide bonds. The van der Waals surface area contributed by atoms with E-state index in [9.17, 15) is 9.59 Å². The standard InChI is InChI=1S/C15H22N4O2/c1-17-15(21)13-4-3-9-19(13)10-14(20)18(2)12-7-5-11(16)6-8-12/h5-8,13H,3-4,9-10,16H2,1-2H3,(H,17,21). The molecule has 2 rings (SSSR count). The number of anilines is 2. The zero-order valence-corrected chi connectivity index (χ0v) is 12.5. The predicted octanol–water partition coefficient (Wildman–Crippen LogP) is 0.442. The molecule has 1 atom stereocenters. The van der Waals surface area contributed by atoms with E-state index in [2.05, 4.69) is 5.32 Å². The van der Waals surface area contributed by atoms with Gasteiger partial charge in [0.15, 0.2) is 0 Å². The fourth-order valence-corrected chi connectivity index (χ4v) is 2.60. The average molecular weight is 290 g/mol. The van der Waals surface area contributed by atoms with E-state index in [1.54, 1.807) is 31.1 Å². The topological polar surface area (TPSA) is 78.7 Å². The number of nitrogen functional groups attached to an aromatic ring is 1. The zero-order chi connectivity index (χ0) is 15.4. The van der Waals surface area contributed by atoms with Crippen molar-refractivity contribution < 1.29 is 9.59 Å². The summed E-state index contributed by atoms with van der Waals surface area (Å²) in [6.45, 7) is 1.03. The van der Waals surface area contributed by atoms with Crippen molar-refractivity contribution in [2.75, 3.05) is 37.8 Å². The summed E-state index contributed by atoms with van der Waals surface area (Å²) in [6.07, 6.45) is 1.75. The Bertz CT molecular complexity index is 515. The van der Waals surface area contributed by atoms with Gasteiger partial charge in [-0.2, -0.15) is 0 Å². The van der Waals surface area contributed by atoms with Gasteiger partial charge in [-0.05, 0) is 43.7 Å². The average Bonchev–Trinajstić information content (AvgIpc) is 2.94. The minimum absolute atomic E-state index is 0.0181. The van der Waals surface area contributed by atoms with E-state index in [1.165, 1.54) is 0 Å². The predicted molar refractivity (Wildman–Crippen MR) is 82.9 cm³/mol. The van der Waals surface area contributed by atoms with Crippen molar-refractivity contribution >= 4 is 23.2 Å². The normalized spacial score (nSPS) is 18.5. The summed E-state index contributed by atoms with van der Waals surface area (Å²) in [6, 6.07) is 6.96. The van der Waals surface area contributed by atoms with Crippen molar-refractivity contribution in [3.05, 3.63) is 24.3 Å². The lowest BCUT2D eigenvalue weighted by molar-refractivity contribution is -0.126. The van der Waals surface area contributed by atoms with Crippen LogP contribution in [0.15, 0.2) is 24.3 Å². The second-order valence-electron chi connectivity index (χ2n) is 5.29. The second-order valence-corrected chi connectivity index (χ2v) is 5.29. The van der Waals surface area contributed by atoms with Gasteiger partial charge in [0, 0.05) is 25.5 Å². The number of nitrogens with two attached hydrogens (primary N) is 1. The molecule has 1 saturated heterocycles. The first-order chi connectivity index (χ1) is 10.0. The van der Waals surface area contributed by atoms with E-state index >= 15 is 0 Å². The molecule has 1 fully saturated rings. The molecule has 0 radical (unpaired) electrons. The fourth-order valence-electron chi connectivity index (χ4n) is 2.60. The molecule has 1 aromatic carbocycles. The van der Waals surface area contributed by atoms with Crippen molar-refractivity contribution in [1.82, 2.24) is 10.2 Å². The van der Waals surface area contributed by atoms with Crippen molar-refractivity contribution in [3.63, 3.8) is 0 Å². The fraction of sp³-hybridized carbons (Fsp3) is 0.467. The third-order valence-corrected chi connectivity index (χ3v) is 3.91. The molecule has 6 nitrogen and oxygen atoms in total. The van der Waals surface area contributed by atoms with Crippen LogP contribution in [0.2, 0.25) is 0 Å². The Balaban J connectivity index is 2.00. The molecule has 1 aliphatic heterocycles. The van der Waals surface area contributed by atoms with Crippen LogP contribution < -0.4 is 16.0 Å². The first kappa shape index (κ1) is 15.3. The Morgan fingerprint density at radius 3 is 2.67 bits per heavy atom. The quantitative estimate of drug-likeness (QED) is 0.789. The van der Waals surface area contributed by atoms with Gasteiger partial charge in [-0.1, -0.05) is 0 Å². The highest BCUT2D eigenvalue weighted by atomic mass is 16.2. The summed E-state index contributed by atoms with van der Waals surface area (Å²) in [5.74, 6) is -0.0500. The van der Waals surface area contributed by atoms with E-state index in [1.807, 2.05) is 17.0 Å². The Morgan fingerprint density at radius 2 is 2.05 bits per heavy atom. The molecule has 0 aromatic heterocycles. The summed E-state index contributed by atoms with van der Waals surface area (Å²) >= 11 is 0. The first-order valence-corrected chi connectivity index (χ1v) is 7.10. The molecule has 1 heterocycles. The van der Waals surface area contributed by atoms with Crippen LogP contribution in [0.1, 0.15) is 12.8 Å². The smallest absolute Gasteiger partial charge is 0.240 e. The Morgan fingerprint density at radius 1 is 1.38 bits per heavy atom. The van der Waals surface area contributed by atoms with Gasteiger partial charge in [0.25, 0.3) is 0 Å². The molecule has 0 saturated carbocycles. The molecule has 1 aromatic rings. The molecule has 3 N–H and O–H groups in total. The maximum atomic E-state index is 12.4. The van der Waals surface area contributed by atoms with Gasteiger partial charge in [0.05, 0.1) is 12.6 Å². The monoisotopic (exact) mass is 290 g/mol. The van der Waals surface area contributed by atoms with E-state index in [-0.39, 0.29) is 24.4 Å².